The molecular formula is C38H51N3O6. The number of aldehydes is 1. The lowest BCUT2D eigenvalue weighted by molar-refractivity contribution is -0.159. The highest BCUT2D eigenvalue weighted by Crippen LogP contribution is 2.58. The molecule has 254 valence electrons. The fourth-order valence-corrected chi connectivity index (χ4v) is 9.65. The SMILES string of the molecule is CC[C@@H]1[C@@H]2CN(C(=O)[C@H](C3(C)CCCCC3)CC(=O)O[C@@H]3CC4CC4[C@H]3CCCCCc3nc4ccc(OC)cc4nc3O2)[C@@H]1C=O. The molecule has 9 nitrogen and oxygen atoms in total. The van der Waals surface area contributed by atoms with E-state index >= 15 is 0 Å². The quantitative estimate of drug-likeness (QED) is 0.275. The molecule has 1 aromatic carbocycles. The molecule has 2 bridgehead atoms. The van der Waals surface area contributed by atoms with Crippen LogP contribution >= 0.6 is 0 Å². The van der Waals surface area contributed by atoms with Crippen LogP contribution in [0.1, 0.15) is 103 Å². The van der Waals surface area contributed by atoms with E-state index in [1.54, 1.807) is 12.0 Å². The Morgan fingerprint density at radius 2 is 1.79 bits per heavy atom. The molecule has 3 heterocycles. The summed E-state index contributed by atoms with van der Waals surface area (Å²) in [6, 6.07) is 5.06. The number of benzene rings is 1. The monoisotopic (exact) mass is 645 g/mol. The fraction of sp³-hybridized carbons (Fsp3) is 0.711. The lowest BCUT2D eigenvalue weighted by atomic mass is 9.65. The number of amides is 1. The van der Waals surface area contributed by atoms with Crippen molar-refractivity contribution < 1.29 is 28.6 Å². The second kappa shape index (κ2) is 13.3. The number of hydrogen-bond donors (Lipinski definition) is 0. The zero-order valence-electron chi connectivity index (χ0n) is 28.3. The molecular weight excluding hydrogens is 594 g/mol. The third kappa shape index (κ3) is 6.35. The van der Waals surface area contributed by atoms with Crippen LogP contribution < -0.4 is 9.47 Å². The van der Waals surface area contributed by atoms with Crippen LogP contribution in [0.3, 0.4) is 0 Å². The molecule has 2 aromatic rings. The van der Waals surface area contributed by atoms with Gasteiger partial charge in [0.25, 0.3) is 0 Å². The van der Waals surface area contributed by atoms with Crippen LogP contribution in [0.4, 0.5) is 0 Å². The van der Waals surface area contributed by atoms with Crippen molar-refractivity contribution in [1.29, 1.82) is 0 Å². The summed E-state index contributed by atoms with van der Waals surface area (Å²) in [6.07, 6.45) is 13.2. The first-order valence-corrected chi connectivity index (χ1v) is 18.3. The van der Waals surface area contributed by atoms with Gasteiger partial charge < -0.3 is 23.9 Å². The zero-order chi connectivity index (χ0) is 32.7. The first kappa shape index (κ1) is 32.3. The topological polar surface area (TPSA) is 108 Å². The van der Waals surface area contributed by atoms with Crippen molar-refractivity contribution >= 4 is 29.2 Å². The summed E-state index contributed by atoms with van der Waals surface area (Å²) < 4.78 is 18.5. The van der Waals surface area contributed by atoms with Gasteiger partial charge in [-0.05, 0) is 86.7 Å². The highest BCUT2D eigenvalue weighted by Gasteiger charge is 2.55. The Kier molecular flexibility index (Phi) is 9.18. The van der Waals surface area contributed by atoms with E-state index in [-0.39, 0.29) is 42.3 Å². The Morgan fingerprint density at radius 1 is 0.979 bits per heavy atom. The van der Waals surface area contributed by atoms with Gasteiger partial charge in [0, 0.05) is 12.0 Å². The van der Waals surface area contributed by atoms with Crippen LogP contribution in [0.25, 0.3) is 11.0 Å². The number of methoxy groups -OCH3 is 1. The predicted molar refractivity (Wildman–Crippen MR) is 177 cm³/mol. The van der Waals surface area contributed by atoms with Gasteiger partial charge in [-0.15, -0.1) is 0 Å². The predicted octanol–water partition coefficient (Wildman–Crippen LogP) is 6.48. The maximum Gasteiger partial charge on any atom is 0.306 e. The van der Waals surface area contributed by atoms with Crippen molar-refractivity contribution in [3.05, 3.63) is 23.9 Å². The van der Waals surface area contributed by atoms with Gasteiger partial charge in [0.2, 0.25) is 11.8 Å². The van der Waals surface area contributed by atoms with E-state index in [2.05, 4.69) is 6.92 Å². The number of ether oxygens (including phenoxy) is 3. The summed E-state index contributed by atoms with van der Waals surface area (Å²) in [6.45, 7) is 4.48. The molecule has 47 heavy (non-hydrogen) atoms. The molecule has 4 fully saturated rings. The number of aromatic nitrogens is 2. The van der Waals surface area contributed by atoms with Gasteiger partial charge in [-0.2, -0.15) is 0 Å². The molecule has 0 spiro atoms. The van der Waals surface area contributed by atoms with E-state index in [1.165, 1.54) is 6.42 Å². The molecule has 1 saturated heterocycles. The Labute approximate surface area is 278 Å². The van der Waals surface area contributed by atoms with E-state index in [9.17, 15) is 14.4 Å². The average molecular weight is 646 g/mol. The molecule has 2 aliphatic heterocycles. The molecule has 3 saturated carbocycles. The number of aryl methyl sites for hydroxylation is 1. The van der Waals surface area contributed by atoms with Gasteiger partial charge in [-0.3, -0.25) is 9.59 Å². The van der Waals surface area contributed by atoms with E-state index in [4.69, 9.17) is 24.2 Å². The van der Waals surface area contributed by atoms with Crippen molar-refractivity contribution in [2.24, 2.45) is 35.0 Å². The molecule has 1 amide bonds. The number of fused-ring (bicyclic) bond motifs is 7. The number of nitrogens with zero attached hydrogens (tertiary/aromatic N) is 3. The number of esters is 1. The van der Waals surface area contributed by atoms with Crippen molar-refractivity contribution in [1.82, 2.24) is 14.9 Å². The summed E-state index contributed by atoms with van der Waals surface area (Å²) >= 11 is 0. The minimum absolute atomic E-state index is 0.0493. The van der Waals surface area contributed by atoms with Gasteiger partial charge in [0.05, 0.1) is 43.1 Å². The second-order valence-electron chi connectivity index (χ2n) is 15.3. The zero-order valence-corrected chi connectivity index (χ0v) is 28.3. The summed E-state index contributed by atoms with van der Waals surface area (Å²) in [7, 11) is 1.63. The van der Waals surface area contributed by atoms with Gasteiger partial charge in [0.15, 0.2) is 0 Å². The normalized spacial score (nSPS) is 34.2. The van der Waals surface area contributed by atoms with Crippen molar-refractivity contribution in [3.63, 3.8) is 0 Å². The largest absolute Gasteiger partial charge is 0.497 e. The van der Waals surface area contributed by atoms with Crippen LogP contribution in [0.5, 0.6) is 11.6 Å². The van der Waals surface area contributed by atoms with Gasteiger partial charge in [-0.25, -0.2) is 9.97 Å². The van der Waals surface area contributed by atoms with Crippen molar-refractivity contribution in [2.75, 3.05) is 13.7 Å². The summed E-state index contributed by atoms with van der Waals surface area (Å²) in [4.78, 5) is 52.9. The second-order valence-corrected chi connectivity index (χ2v) is 15.3. The minimum atomic E-state index is -0.631. The van der Waals surface area contributed by atoms with E-state index in [1.807, 2.05) is 25.1 Å². The van der Waals surface area contributed by atoms with Crippen molar-refractivity contribution in [3.8, 4) is 11.6 Å². The van der Waals surface area contributed by atoms with Crippen molar-refractivity contribution in [2.45, 2.75) is 122 Å². The summed E-state index contributed by atoms with van der Waals surface area (Å²) in [5.41, 5.74) is 1.96. The lowest BCUT2D eigenvalue weighted by Crippen LogP contribution is -2.48. The van der Waals surface area contributed by atoms with E-state index in [0.717, 1.165) is 88.1 Å². The molecule has 9 heteroatoms. The summed E-state index contributed by atoms with van der Waals surface area (Å²) in [5, 5.41) is 0. The maximum absolute atomic E-state index is 14.7. The van der Waals surface area contributed by atoms with Crippen LogP contribution in [-0.2, 0) is 25.5 Å². The van der Waals surface area contributed by atoms with Crippen LogP contribution in [0.15, 0.2) is 18.2 Å². The summed E-state index contributed by atoms with van der Waals surface area (Å²) in [5.74, 6) is 1.81. The smallest absolute Gasteiger partial charge is 0.306 e. The first-order chi connectivity index (χ1) is 22.8. The Balaban J connectivity index is 1.25. The lowest BCUT2D eigenvalue weighted by Gasteiger charge is -2.42. The van der Waals surface area contributed by atoms with Gasteiger partial charge in [-0.1, -0.05) is 46.0 Å². The van der Waals surface area contributed by atoms with Crippen LogP contribution in [0.2, 0.25) is 0 Å². The van der Waals surface area contributed by atoms with Crippen LogP contribution in [-0.4, -0.2) is 64.9 Å². The number of hydrogen-bond acceptors (Lipinski definition) is 8. The number of rotatable bonds is 4. The maximum atomic E-state index is 14.7. The van der Waals surface area contributed by atoms with Gasteiger partial charge >= 0.3 is 5.97 Å². The Hall–Kier alpha value is -3.23. The highest BCUT2D eigenvalue weighted by atomic mass is 16.5. The Bertz CT molecular complexity index is 1490. The molecule has 0 N–H and O–H groups in total. The molecule has 3 aliphatic carbocycles. The minimum Gasteiger partial charge on any atom is -0.497 e. The third-order valence-electron chi connectivity index (χ3n) is 12.5. The van der Waals surface area contributed by atoms with E-state index in [0.29, 0.717) is 41.3 Å². The molecule has 5 aliphatic rings. The van der Waals surface area contributed by atoms with E-state index < -0.39 is 18.1 Å². The number of carbonyl (C=O) groups excluding carboxylic acids is 3. The van der Waals surface area contributed by atoms with Crippen LogP contribution in [0, 0.1) is 35.0 Å². The average Bonchev–Trinajstić information content (AvgIpc) is 3.62. The Morgan fingerprint density at radius 3 is 2.55 bits per heavy atom. The molecule has 8 atom stereocenters. The molecule has 1 aromatic heterocycles. The third-order valence-corrected chi connectivity index (χ3v) is 12.5. The first-order valence-electron chi connectivity index (χ1n) is 18.3. The fourth-order valence-electron chi connectivity index (χ4n) is 9.65. The molecule has 0 radical (unpaired) electrons. The van der Waals surface area contributed by atoms with Gasteiger partial charge in [0.1, 0.15) is 29.9 Å². The molecule has 2 unspecified atom stereocenters. The standard InChI is InChI=1S/C38H51N3O6/c1-4-25-32(22-42)41-21-34(25)47-36-30(39-29-14-13-24(45-3)19-31(29)40-36)12-8-5-7-11-26-27-17-23(27)18-33(26)46-35(43)20-28(37(41)44)38(2)15-9-6-10-16-38/h13-14,19,22-23,25-28,32-34H,4-12,15-18,20-21H2,1-3H3/t23?,25-,26+,27?,28+,32+,33+,34-/m0/s1. The highest BCUT2D eigenvalue weighted by molar-refractivity contribution is 5.87. The number of carbonyl (C=O) groups is 3. The molecule has 7 rings (SSSR count).